The number of fused-ring (bicyclic) bond motifs is 1. The van der Waals surface area contributed by atoms with E-state index in [1.165, 1.54) is 23.9 Å². The molecule has 2 aromatic rings. The SMILES string of the molecule is COc1ccc2c(c1)S[C@H](CC(=O)Nc1cccc(C(=O)O)c1)C(=O)N2. The third kappa shape index (κ3) is 3.97. The number of methoxy groups -OCH3 is 1. The third-order valence-corrected chi connectivity index (χ3v) is 5.03. The lowest BCUT2D eigenvalue weighted by Gasteiger charge is -2.24. The zero-order chi connectivity index (χ0) is 18.7. The highest BCUT2D eigenvalue weighted by molar-refractivity contribution is 8.01. The molecular weight excluding hydrogens is 356 g/mol. The molecule has 0 fully saturated rings. The molecule has 3 N–H and O–H groups in total. The number of ether oxygens (including phenoxy) is 1. The van der Waals surface area contributed by atoms with Gasteiger partial charge in [-0.05, 0) is 36.4 Å². The molecule has 0 saturated carbocycles. The minimum atomic E-state index is -1.08. The predicted octanol–water partition coefficient (Wildman–Crippen LogP) is 2.83. The van der Waals surface area contributed by atoms with Crippen molar-refractivity contribution in [2.24, 2.45) is 0 Å². The monoisotopic (exact) mass is 372 g/mol. The van der Waals surface area contributed by atoms with Crippen molar-refractivity contribution in [3.63, 3.8) is 0 Å². The number of benzene rings is 2. The van der Waals surface area contributed by atoms with Gasteiger partial charge >= 0.3 is 5.97 Å². The Labute approximate surface area is 153 Å². The van der Waals surface area contributed by atoms with Gasteiger partial charge in [0.15, 0.2) is 0 Å². The van der Waals surface area contributed by atoms with Gasteiger partial charge in [0.2, 0.25) is 11.8 Å². The Balaban J connectivity index is 1.68. The first kappa shape index (κ1) is 17.8. The van der Waals surface area contributed by atoms with Gasteiger partial charge in [-0.2, -0.15) is 0 Å². The van der Waals surface area contributed by atoms with Gasteiger partial charge in [-0.25, -0.2) is 4.79 Å². The Hall–Kier alpha value is -3.00. The largest absolute Gasteiger partial charge is 0.497 e. The molecule has 134 valence electrons. The summed E-state index contributed by atoms with van der Waals surface area (Å²) >= 11 is 1.29. The summed E-state index contributed by atoms with van der Waals surface area (Å²) in [5, 5.41) is 13.8. The van der Waals surface area contributed by atoms with E-state index in [2.05, 4.69) is 10.6 Å². The fourth-order valence-corrected chi connectivity index (χ4v) is 3.63. The molecule has 2 amide bonds. The van der Waals surface area contributed by atoms with Gasteiger partial charge in [-0.1, -0.05) is 6.07 Å². The van der Waals surface area contributed by atoms with Crippen LogP contribution in [0.15, 0.2) is 47.4 Å². The number of carbonyl (C=O) groups is 3. The van der Waals surface area contributed by atoms with Gasteiger partial charge in [0, 0.05) is 17.0 Å². The number of hydrogen-bond donors (Lipinski definition) is 3. The molecule has 0 radical (unpaired) electrons. The minimum Gasteiger partial charge on any atom is -0.497 e. The lowest BCUT2D eigenvalue weighted by molar-refractivity contribution is -0.120. The van der Waals surface area contributed by atoms with Crippen LogP contribution in [-0.2, 0) is 9.59 Å². The Morgan fingerprint density at radius 3 is 2.81 bits per heavy atom. The molecule has 0 aliphatic carbocycles. The average Bonchev–Trinajstić information content (AvgIpc) is 2.62. The van der Waals surface area contributed by atoms with E-state index in [4.69, 9.17) is 9.84 Å². The Morgan fingerprint density at radius 2 is 2.08 bits per heavy atom. The molecule has 1 aliphatic rings. The molecule has 26 heavy (non-hydrogen) atoms. The van der Waals surface area contributed by atoms with Crippen LogP contribution in [-0.4, -0.2) is 35.2 Å². The van der Waals surface area contributed by atoms with Crippen LogP contribution in [0.4, 0.5) is 11.4 Å². The smallest absolute Gasteiger partial charge is 0.335 e. The highest BCUT2D eigenvalue weighted by atomic mass is 32.2. The van der Waals surface area contributed by atoms with E-state index in [1.54, 1.807) is 37.4 Å². The number of aromatic carboxylic acids is 1. The van der Waals surface area contributed by atoms with Crippen molar-refractivity contribution < 1.29 is 24.2 Å². The first-order valence-corrected chi connectivity index (χ1v) is 8.63. The number of hydrogen-bond acceptors (Lipinski definition) is 5. The normalized spacial score (nSPS) is 15.6. The molecule has 3 rings (SSSR count). The molecule has 1 atom stereocenters. The second-order valence-electron chi connectivity index (χ2n) is 5.60. The maximum Gasteiger partial charge on any atom is 0.335 e. The van der Waals surface area contributed by atoms with Crippen LogP contribution in [0.2, 0.25) is 0 Å². The van der Waals surface area contributed by atoms with Gasteiger partial charge in [0.1, 0.15) is 5.75 Å². The van der Waals surface area contributed by atoms with Crippen LogP contribution in [0.5, 0.6) is 5.75 Å². The van der Waals surface area contributed by atoms with Crippen molar-refractivity contribution in [2.75, 3.05) is 17.7 Å². The van der Waals surface area contributed by atoms with Crippen LogP contribution < -0.4 is 15.4 Å². The first-order chi connectivity index (χ1) is 12.5. The molecule has 8 heteroatoms. The van der Waals surface area contributed by atoms with E-state index in [0.29, 0.717) is 17.1 Å². The van der Waals surface area contributed by atoms with Crippen molar-refractivity contribution in [3.8, 4) is 5.75 Å². The van der Waals surface area contributed by atoms with E-state index < -0.39 is 11.2 Å². The molecule has 1 aliphatic heterocycles. The third-order valence-electron chi connectivity index (χ3n) is 3.77. The van der Waals surface area contributed by atoms with Crippen molar-refractivity contribution in [2.45, 2.75) is 16.6 Å². The molecule has 7 nitrogen and oxygen atoms in total. The van der Waals surface area contributed by atoms with Gasteiger partial charge in [-0.3, -0.25) is 9.59 Å². The van der Waals surface area contributed by atoms with E-state index in [9.17, 15) is 14.4 Å². The van der Waals surface area contributed by atoms with Gasteiger partial charge in [-0.15, -0.1) is 11.8 Å². The molecule has 2 aromatic carbocycles. The predicted molar refractivity (Wildman–Crippen MR) is 97.9 cm³/mol. The van der Waals surface area contributed by atoms with Crippen molar-refractivity contribution >= 4 is 40.9 Å². The number of carboxylic acids is 1. The standard InChI is InChI=1S/C18H16N2O5S/c1-25-12-5-6-13-14(8-12)26-15(17(22)20-13)9-16(21)19-11-4-2-3-10(7-11)18(23)24/h2-8,15H,9H2,1H3,(H,19,21)(H,20,22)(H,23,24)/t15-/m1/s1. The molecule has 0 spiro atoms. The molecule has 0 saturated heterocycles. The van der Waals surface area contributed by atoms with E-state index in [1.807, 2.05) is 0 Å². The van der Waals surface area contributed by atoms with Crippen molar-refractivity contribution in [3.05, 3.63) is 48.0 Å². The first-order valence-electron chi connectivity index (χ1n) is 7.75. The van der Waals surface area contributed by atoms with Crippen molar-refractivity contribution in [1.82, 2.24) is 0 Å². The summed E-state index contributed by atoms with van der Waals surface area (Å²) in [5.74, 6) is -1.02. The topological polar surface area (TPSA) is 105 Å². The quantitative estimate of drug-likeness (QED) is 0.745. The average molecular weight is 372 g/mol. The summed E-state index contributed by atoms with van der Waals surface area (Å²) in [6.45, 7) is 0. The number of thioether (sulfide) groups is 1. The highest BCUT2D eigenvalue weighted by Crippen LogP contribution is 2.39. The fourth-order valence-electron chi connectivity index (χ4n) is 2.50. The number of carboxylic acid groups (broad SMARTS) is 1. The van der Waals surface area contributed by atoms with Crippen molar-refractivity contribution in [1.29, 1.82) is 0 Å². The zero-order valence-electron chi connectivity index (χ0n) is 13.8. The number of nitrogens with one attached hydrogen (secondary N) is 2. The van der Waals surface area contributed by atoms with E-state index in [0.717, 1.165) is 4.90 Å². The Kier molecular flexibility index (Phi) is 5.13. The Morgan fingerprint density at radius 1 is 1.27 bits per heavy atom. The number of rotatable bonds is 5. The minimum absolute atomic E-state index is 0.0373. The number of anilines is 2. The summed E-state index contributed by atoms with van der Waals surface area (Å²) < 4.78 is 5.18. The summed E-state index contributed by atoms with van der Waals surface area (Å²) in [5.41, 5.74) is 1.14. The van der Waals surface area contributed by atoms with Crippen LogP contribution in [0.3, 0.4) is 0 Å². The number of amides is 2. The maximum atomic E-state index is 12.3. The van der Waals surface area contributed by atoms with Crippen LogP contribution in [0, 0.1) is 0 Å². The molecule has 1 heterocycles. The van der Waals surface area contributed by atoms with Crippen LogP contribution in [0.1, 0.15) is 16.8 Å². The molecule has 0 bridgehead atoms. The second kappa shape index (κ2) is 7.49. The molecule has 0 aromatic heterocycles. The summed E-state index contributed by atoms with van der Waals surface area (Å²) in [4.78, 5) is 36.3. The summed E-state index contributed by atoms with van der Waals surface area (Å²) in [6, 6.07) is 11.3. The Bertz CT molecular complexity index is 884. The molecular formula is C18H16N2O5S. The number of carbonyl (C=O) groups excluding carboxylic acids is 2. The van der Waals surface area contributed by atoms with E-state index >= 15 is 0 Å². The van der Waals surface area contributed by atoms with Gasteiger partial charge < -0.3 is 20.5 Å². The van der Waals surface area contributed by atoms with Gasteiger partial charge in [0.05, 0.1) is 23.6 Å². The van der Waals surface area contributed by atoms with E-state index in [-0.39, 0.29) is 23.8 Å². The zero-order valence-corrected chi connectivity index (χ0v) is 14.6. The van der Waals surface area contributed by atoms with Crippen LogP contribution in [0.25, 0.3) is 0 Å². The van der Waals surface area contributed by atoms with Gasteiger partial charge in [0.25, 0.3) is 0 Å². The highest BCUT2D eigenvalue weighted by Gasteiger charge is 2.29. The maximum absolute atomic E-state index is 12.3. The lowest BCUT2D eigenvalue weighted by Crippen LogP contribution is -2.32. The fraction of sp³-hybridized carbons (Fsp3) is 0.167. The van der Waals surface area contributed by atoms with Crippen LogP contribution >= 0.6 is 11.8 Å². The second-order valence-corrected chi connectivity index (χ2v) is 6.84. The lowest BCUT2D eigenvalue weighted by atomic mass is 10.2. The summed E-state index contributed by atoms with van der Waals surface area (Å²) in [6.07, 6.45) is -0.0373. The summed E-state index contributed by atoms with van der Waals surface area (Å²) in [7, 11) is 1.56. The molecule has 0 unspecified atom stereocenters.